The van der Waals surface area contributed by atoms with Crippen LogP contribution in [0.4, 0.5) is 0 Å². The molecule has 1 saturated heterocycles. The van der Waals surface area contributed by atoms with Gasteiger partial charge < -0.3 is 5.32 Å². The number of nitrogens with one attached hydrogen (secondary N) is 1. The predicted molar refractivity (Wildman–Crippen MR) is 89.3 cm³/mol. The summed E-state index contributed by atoms with van der Waals surface area (Å²) in [6.45, 7) is 4.03. The molecule has 2 rings (SSSR count). The predicted octanol–water partition coefficient (Wildman–Crippen LogP) is 2.10. The second-order valence-corrected chi connectivity index (χ2v) is 8.35. The maximum Gasteiger partial charge on any atom is 0.243 e. The molecule has 1 aliphatic heterocycles. The molecule has 0 atom stereocenters. The summed E-state index contributed by atoms with van der Waals surface area (Å²) in [6, 6.07) is 5.54. The highest BCUT2D eigenvalue weighted by molar-refractivity contribution is 7.99. The molecule has 1 heterocycles. The van der Waals surface area contributed by atoms with Gasteiger partial charge in [-0.25, -0.2) is 8.42 Å². The Bertz CT molecular complexity index is 565. The van der Waals surface area contributed by atoms with Crippen molar-refractivity contribution in [2.45, 2.75) is 31.2 Å². The molecule has 4 nitrogen and oxygen atoms in total. The van der Waals surface area contributed by atoms with Crippen LogP contribution in [0.1, 0.15) is 24.5 Å². The van der Waals surface area contributed by atoms with Crippen molar-refractivity contribution in [3.8, 4) is 0 Å². The minimum atomic E-state index is -3.36. The van der Waals surface area contributed by atoms with Crippen molar-refractivity contribution in [1.29, 1.82) is 0 Å². The minimum Gasteiger partial charge on any atom is -0.316 e. The van der Waals surface area contributed by atoms with Crippen molar-refractivity contribution in [3.63, 3.8) is 0 Å². The van der Waals surface area contributed by atoms with E-state index in [4.69, 9.17) is 0 Å². The van der Waals surface area contributed by atoms with Gasteiger partial charge in [0.15, 0.2) is 0 Å². The normalized spacial score (nSPS) is 17.6. The van der Waals surface area contributed by atoms with Gasteiger partial charge in [-0.15, -0.1) is 0 Å². The summed E-state index contributed by atoms with van der Waals surface area (Å²) in [6.07, 6.45) is 1.85. The van der Waals surface area contributed by atoms with Gasteiger partial charge in [0.05, 0.1) is 4.90 Å². The van der Waals surface area contributed by atoms with Crippen LogP contribution in [-0.2, 0) is 23.0 Å². The number of hydrogen-bond donors (Lipinski definition) is 1. The first kappa shape index (κ1) is 16.8. The average molecular weight is 329 g/mol. The Hall–Kier alpha value is -0.560. The van der Waals surface area contributed by atoms with Crippen molar-refractivity contribution in [1.82, 2.24) is 9.62 Å². The summed E-state index contributed by atoms with van der Waals surface area (Å²) in [5.74, 6) is 1.93. The third kappa shape index (κ3) is 4.00. The van der Waals surface area contributed by atoms with Crippen LogP contribution in [0.25, 0.3) is 0 Å². The van der Waals surface area contributed by atoms with Gasteiger partial charge in [-0.05, 0) is 48.9 Å². The van der Waals surface area contributed by atoms with E-state index < -0.39 is 10.0 Å². The molecule has 1 N–H and O–H groups in total. The van der Waals surface area contributed by atoms with E-state index in [0.29, 0.717) is 24.5 Å². The fourth-order valence-electron chi connectivity index (χ4n) is 2.58. The van der Waals surface area contributed by atoms with Crippen LogP contribution >= 0.6 is 11.8 Å². The number of aryl methyl sites for hydroxylation is 1. The Balaban J connectivity index is 2.32. The van der Waals surface area contributed by atoms with E-state index in [0.717, 1.165) is 29.9 Å². The first-order valence-electron chi connectivity index (χ1n) is 7.44. The number of sulfonamides is 1. The van der Waals surface area contributed by atoms with Crippen molar-refractivity contribution in [2.75, 3.05) is 31.6 Å². The van der Waals surface area contributed by atoms with Gasteiger partial charge in [0.1, 0.15) is 0 Å². The molecule has 0 bridgehead atoms. The highest BCUT2D eigenvalue weighted by Crippen LogP contribution is 2.22. The van der Waals surface area contributed by atoms with Crippen LogP contribution in [0, 0.1) is 0 Å². The Morgan fingerprint density at radius 1 is 1.24 bits per heavy atom. The first-order chi connectivity index (χ1) is 10.1. The minimum absolute atomic E-state index is 0.428. The molecule has 0 aromatic heterocycles. The van der Waals surface area contributed by atoms with Gasteiger partial charge >= 0.3 is 0 Å². The van der Waals surface area contributed by atoms with E-state index in [-0.39, 0.29) is 0 Å². The number of hydrogen-bond acceptors (Lipinski definition) is 4. The maximum atomic E-state index is 12.8. The molecular formula is C15H24N2O2S2. The topological polar surface area (TPSA) is 49.4 Å². The second kappa shape index (κ2) is 7.63. The van der Waals surface area contributed by atoms with Crippen molar-refractivity contribution >= 4 is 21.8 Å². The molecule has 1 aliphatic rings. The summed E-state index contributed by atoms with van der Waals surface area (Å²) in [4.78, 5) is 0.428. The van der Waals surface area contributed by atoms with Gasteiger partial charge in [0.2, 0.25) is 10.0 Å². The molecule has 118 valence electrons. The third-order valence-electron chi connectivity index (χ3n) is 3.74. The van der Waals surface area contributed by atoms with E-state index in [1.165, 1.54) is 5.56 Å². The standard InChI is InChI=1S/C15H24N2O2S2/c1-3-13-5-6-15(11-14(13)12-16-2)21(18,19)17-7-4-9-20-10-8-17/h5-6,11,16H,3-4,7-10,12H2,1-2H3. The van der Waals surface area contributed by atoms with Crippen LogP contribution in [-0.4, -0.2) is 44.4 Å². The molecule has 1 aromatic carbocycles. The highest BCUT2D eigenvalue weighted by atomic mass is 32.2. The summed E-state index contributed by atoms with van der Waals surface area (Å²) in [7, 11) is -1.48. The second-order valence-electron chi connectivity index (χ2n) is 5.18. The number of thioether (sulfide) groups is 1. The molecule has 0 radical (unpaired) electrons. The number of nitrogens with zero attached hydrogens (tertiary/aromatic N) is 1. The van der Waals surface area contributed by atoms with E-state index in [9.17, 15) is 8.42 Å². The lowest BCUT2D eigenvalue weighted by molar-refractivity contribution is 0.435. The maximum absolute atomic E-state index is 12.8. The van der Waals surface area contributed by atoms with Crippen LogP contribution in [0.3, 0.4) is 0 Å². The van der Waals surface area contributed by atoms with Crippen molar-refractivity contribution < 1.29 is 8.42 Å². The summed E-state index contributed by atoms with van der Waals surface area (Å²) in [5, 5.41) is 3.12. The van der Waals surface area contributed by atoms with Crippen molar-refractivity contribution in [3.05, 3.63) is 29.3 Å². The van der Waals surface area contributed by atoms with Gasteiger partial charge in [0.25, 0.3) is 0 Å². The van der Waals surface area contributed by atoms with Gasteiger partial charge in [-0.2, -0.15) is 16.1 Å². The fourth-order valence-corrected chi connectivity index (χ4v) is 5.11. The highest BCUT2D eigenvalue weighted by Gasteiger charge is 2.25. The summed E-state index contributed by atoms with van der Waals surface area (Å²) in [5.41, 5.74) is 2.28. The fraction of sp³-hybridized carbons (Fsp3) is 0.600. The lowest BCUT2D eigenvalue weighted by Gasteiger charge is -2.20. The van der Waals surface area contributed by atoms with Crippen LogP contribution in [0.5, 0.6) is 0 Å². The van der Waals surface area contributed by atoms with Crippen LogP contribution < -0.4 is 5.32 Å². The molecule has 0 aliphatic carbocycles. The molecule has 6 heteroatoms. The SMILES string of the molecule is CCc1ccc(S(=O)(=O)N2CCCSCC2)cc1CNC. The first-order valence-corrected chi connectivity index (χ1v) is 10.0. The third-order valence-corrected chi connectivity index (χ3v) is 6.69. The molecule has 0 amide bonds. The van der Waals surface area contributed by atoms with Gasteiger partial charge in [-0.3, -0.25) is 0 Å². The molecule has 0 spiro atoms. The van der Waals surface area contributed by atoms with E-state index >= 15 is 0 Å². The van der Waals surface area contributed by atoms with E-state index in [1.54, 1.807) is 10.4 Å². The lowest BCUT2D eigenvalue weighted by atomic mass is 10.1. The Morgan fingerprint density at radius 3 is 2.76 bits per heavy atom. The zero-order chi connectivity index (χ0) is 15.3. The Labute approximate surface area is 132 Å². The number of rotatable bonds is 5. The molecule has 1 aromatic rings. The zero-order valence-electron chi connectivity index (χ0n) is 12.8. The zero-order valence-corrected chi connectivity index (χ0v) is 14.4. The van der Waals surface area contributed by atoms with Gasteiger partial charge in [-0.1, -0.05) is 13.0 Å². The Kier molecular flexibility index (Phi) is 6.10. The monoisotopic (exact) mass is 328 g/mol. The molecule has 21 heavy (non-hydrogen) atoms. The van der Waals surface area contributed by atoms with Crippen molar-refractivity contribution in [2.24, 2.45) is 0 Å². The van der Waals surface area contributed by atoms with E-state index in [1.807, 2.05) is 30.9 Å². The summed E-state index contributed by atoms with van der Waals surface area (Å²) < 4.78 is 27.2. The number of benzene rings is 1. The molecule has 1 fully saturated rings. The quantitative estimate of drug-likeness (QED) is 0.899. The van der Waals surface area contributed by atoms with E-state index in [2.05, 4.69) is 12.2 Å². The smallest absolute Gasteiger partial charge is 0.243 e. The Morgan fingerprint density at radius 2 is 2.05 bits per heavy atom. The summed E-state index contributed by atoms with van der Waals surface area (Å²) >= 11 is 1.83. The molecule has 0 saturated carbocycles. The van der Waals surface area contributed by atoms with Gasteiger partial charge in [0, 0.05) is 25.4 Å². The molecule has 0 unspecified atom stereocenters. The largest absolute Gasteiger partial charge is 0.316 e. The van der Waals surface area contributed by atoms with Crippen LogP contribution in [0.2, 0.25) is 0 Å². The lowest BCUT2D eigenvalue weighted by Crippen LogP contribution is -2.33. The van der Waals surface area contributed by atoms with Crippen LogP contribution in [0.15, 0.2) is 23.1 Å². The average Bonchev–Trinajstić information content (AvgIpc) is 2.77. The molecular weight excluding hydrogens is 304 g/mol.